The van der Waals surface area contributed by atoms with Crippen molar-refractivity contribution in [3.63, 3.8) is 0 Å². The highest BCUT2D eigenvalue weighted by molar-refractivity contribution is 7.89. The van der Waals surface area contributed by atoms with Gasteiger partial charge < -0.3 is 4.90 Å². The van der Waals surface area contributed by atoms with Gasteiger partial charge in [0.25, 0.3) is 0 Å². The van der Waals surface area contributed by atoms with Crippen LogP contribution in [0.3, 0.4) is 0 Å². The first-order valence-corrected chi connectivity index (χ1v) is 11.4. The minimum Gasteiger partial charge on any atom is -0.334 e. The zero-order chi connectivity index (χ0) is 20.6. The number of hydrogen-bond acceptors (Lipinski definition) is 3. The van der Waals surface area contributed by atoms with Gasteiger partial charge in [-0.2, -0.15) is 4.31 Å². The number of carbonyl (C=O) groups excluding carboxylic acids is 1. The Morgan fingerprint density at radius 2 is 1.72 bits per heavy atom. The lowest BCUT2D eigenvalue weighted by Gasteiger charge is -2.30. The Labute approximate surface area is 171 Å². The number of nitrogens with zero attached hydrogens (tertiary/aromatic N) is 2. The fourth-order valence-electron chi connectivity index (χ4n) is 4.34. The van der Waals surface area contributed by atoms with Crippen molar-refractivity contribution in [3.05, 3.63) is 65.5 Å². The van der Waals surface area contributed by atoms with E-state index in [4.69, 9.17) is 0 Å². The molecule has 0 aliphatic carbocycles. The van der Waals surface area contributed by atoms with Crippen LogP contribution in [0.15, 0.2) is 53.4 Å². The van der Waals surface area contributed by atoms with Crippen molar-refractivity contribution in [2.75, 3.05) is 13.1 Å². The molecule has 2 aromatic carbocycles. The molecule has 29 heavy (non-hydrogen) atoms. The van der Waals surface area contributed by atoms with Crippen molar-refractivity contribution in [3.8, 4) is 0 Å². The van der Waals surface area contributed by atoms with Gasteiger partial charge in [0.05, 0.1) is 4.90 Å². The molecule has 2 aliphatic heterocycles. The minimum absolute atomic E-state index is 0.0825. The summed E-state index contributed by atoms with van der Waals surface area (Å²) in [5.41, 5.74) is 2.20. The number of carbonyl (C=O) groups is 1. The standard InChI is InChI=1S/C22H25FN2O3S/c1-16-5-7-17(8-6-16)13-25-21-15-24(14-18(21)3-2-4-22(25)26)29(27,28)20-11-9-19(23)10-12-20/h5-12,18,21H,2-4,13-15H2,1H3/t18-,21+/m1/s1. The molecule has 2 aromatic rings. The Hall–Kier alpha value is -2.25. The summed E-state index contributed by atoms with van der Waals surface area (Å²) in [6, 6.07) is 12.9. The van der Waals surface area contributed by atoms with Gasteiger partial charge in [0.2, 0.25) is 15.9 Å². The first kappa shape index (κ1) is 20.0. The average Bonchev–Trinajstić information content (AvgIpc) is 3.06. The summed E-state index contributed by atoms with van der Waals surface area (Å²) >= 11 is 0. The molecule has 4 rings (SSSR count). The van der Waals surface area contributed by atoms with Crippen LogP contribution in [-0.2, 0) is 21.4 Å². The highest BCUT2D eigenvalue weighted by Crippen LogP contribution is 2.34. The van der Waals surface area contributed by atoms with Crippen LogP contribution in [-0.4, -0.2) is 42.7 Å². The van der Waals surface area contributed by atoms with Crippen molar-refractivity contribution >= 4 is 15.9 Å². The van der Waals surface area contributed by atoms with E-state index in [0.29, 0.717) is 19.5 Å². The molecule has 2 heterocycles. The van der Waals surface area contributed by atoms with Gasteiger partial charge in [0, 0.05) is 32.1 Å². The molecule has 2 saturated heterocycles. The molecular weight excluding hydrogens is 391 g/mol. The van der Waals surface area contributed by atoms with Crippen LogP contribution in [0.1, 0.15) is 30.4 Å². The largest absolute Gasteiger partial charge is 0.334 e. The van der Waals surface area contributed by atoms with E-state index >= 15 is 0 Å². The fourth-order valence-corrected chi connectivity index (χ4v) is 5.86. The quantitative estimate of drug-likeness (QED) is 0.768. The van der Waals surface area contributed by atoms with Gasteiger partial charge in [0.1, 0.15) is 5.82 Å². The lowest BCUT2D eigenvalue weighted by atomic mass is 9.98. The Morgan fingerprint density at radius 3 is 2.41 bits per heavy atom. The summed E-state index contributed by atoms with van der Waals surface area (Å²) in [6.07, 6.45) is 2.11. The molecule has 7 heteroatoms. The molecule has 2 fully saturated rings. The maximum atomic E-state index is 13.2. The maximum Gasteiger partial charge on any atom is 0.243 e. The summed E-state index contributed by atoms with van der Waals surface area (Å²) in [5, 5.41) is 0. The molecule has 0 unspecified atom stereocenters. The van der Waals surface area contributed by atoms with Gasteiger partial charge in [0.15, 0.2) is 0 Å². The lowest BCUT2D eigenvalue weighted by molar-refractivity contribution is -0.133. The SMILES string of the molecule is Cc1ccc(CN2C(=O)CCC[C@@H]3CN(S(=O)(=O)c4ccc(F)cc4)C[C@@H]32)cc1. The monoisotopic (exact) mass is 416 g/mol. The average molecular weight is 417 g/mol. The van der Waals surface area contributed by atoms with Crippen molar-refractivity contribution in [2.24, 2.45) is 5.92 Å². The van der Waals surface area contributed by atoms with Crippen LogP contribution in [0.2, 0.25) is 0 Å². The second-order valence-corrected chi connectivity index (χ2v) is 9.94. The predicted octanol–water partition coefficient (Wildman–Crippen LogP) is 3.34. The second-order valence-electron chi connectivity index (χ2n) is 8.00. The third kappa shape index (κ3) is 4.07. The molecule has 2 aliphatic rings. The van der Waals surface area contributed by atoms with E-state index in [1.165, 1.54) is 16.4 Å². The van der Waals surface area contributed by atoms with Crippen LogP contribution in [0.5, 0.6) is 0 Å². The second kappa shape index (κ2) is 7.88. The molecular formula is C22H25FN2O3S. The maximum absolute atomic E-state index is 13.2. The summed E-state index contributed by atoms with van der Waals surface area (Å²) in [4.78, 5) is 14.8. The first-order valence-electron chi connectivity index (χ1n) is 9.95. The number of hydrogen-bond donors (Lipinski definition) is 0. The zero-order valence-electron chi connectivity index (χ0n) is 16.4. The molecule has 5 nitrogen and oxygen atoms in total. The van der Waals surface area contributed by atoms with Crippen LogP contribution in [0.25, 0.3) is 0 Å². The molecule has 0 spiro atoms. The van der Waals surface area contributed by atoms with E-state index in [2.05, 4.69) is 0 Å². The fraction of sp³-hybridized carbons (Fsp3) is 0.409. The van der Waals surface area contributed by atoms with Crippen LogP contribution >= 0.6 is 0 Å². The van der Waals surface area contributed by atoms with Gasteiger partial charge in [-0.25, -0.2) is 12.8 Å². The minimum atomic E-state index is -3.72. The Morgan fingerprint density at radius 1 is 1.03 bits per heavy atom. The molecule has 154 valence electrons. The van der Waals surface area contributed by atoms with Crippen molar-refractivity contribution in [2.45, 2.75) is 43.7 Å². The summed E-state index contributed by atoms with van der Waals surface area (Å²) in [6.45, 7) is 3.18. The number of fused-ring (bicyclic) bond motifs is 1. The molecule has 0 bridgehead atoms. The molecule has 0 N–H and O–H groups in total. The summed E-state index contributed by atoms with van der Waals surface area (Å²) < 4.78 is 40.8. The normalized spacial score (nSPS) is 23.1. The van der Waals surface area contributed by atoms with E-state index in [-0.39, 0.29) is 29.3 Å². The lowest BCUT2D eigenvalue weighted by Crippen LogP contribution is -2.43. The number of aryl methyl sites for hydroxylation is 1. The summed E-state index contributed by atoms with van der Waals surface area (Å²) in [5.74, 6) is -0.272. The van der Waals surface area contributed by atoms with Gasteiger partial charge in [-0.05, 0) is 55.5 Å². The van der Waals surface area contributed by atoms with Crippen LogP contribution in [0.4, 0.5) is 4.39 Å². The number of benzene rings is 2. The van der Waals surface area contributed by atoms with E-state index < -0.39 is 15.8 Å². The van der Waals surface area contributed by atoms with Gasteiger partial charge in [-0.1, -0.05) is 29.8 Å². The van der Waals surface area contributed by atoms with Gasteiger partial charge in [-0.3, -0.25) is 4.79 Å². The molecule has 2 atom stereocenters. The van der Waals surface area contributed by atoms with E-state index in [0.717, 1.165) is 36.1 Å². The number of likely N-dealkylation sites (tertiary alicyclic amines) is 1. The van der Waals surface area contributed by atoms with Crippen LogP contribution in [0, 0.1) is 18.7 Å². The third-order valence-electron chi connectivity index (χ3n) is 5.98. The third-order valence-corrected chi connectivity index (χ3v) is 7.83. The molecule has 1 amide bonds. The van der Waals surface area contributed by atoms with Crippen LogP contribution < -0.4 is 0 Å². The predicted molar refractivity (Wildman–Crippen MR) is 108 cm³/mol. The Bertz CT molecular complexity index is 990. The molecule has 0 radical (unpaired) electrons. The number of halogens is 1. The molecule has 0 saturated carbocycles. The highest BCUT2D eigenvalue weighted by Gasteiger charge is 2.44. The van der Waals surface area contributed by atoms with Crippen molar-refractivity contribution in [1.82, 2.24) is 9.21 Å². The molecule has 0 aromatic heterocycles. The van der Waals surface area contributed by atoms with Crippen molar-refractivity contribution < 1.29 is 17.6 Å². The Kier molecular flexibility index (Phi) is 5.44. The van der Waals surface area contributed by atoms with E-state index in [1.807, 2.05) is 36.1 Å². The van der Waals surface area contributed by atoms with Gasteiger partial charge >= 0.3 is 0 Å². The smallest absolute Gasteiger partial charge is 0.243 e. The van der Waals surface area contributed by atoms with E-state index in [1.54, 1.807) is 0 Å². The number of amides is 1. The van der Waals surface area contributed by atoms with Crippen molar-refractivity contribution in [1.29, 1.82) is 0 Å². The summed E-state index contributed by atoms with van der Waals surface area (Å²) in [7, 11) is -3.72. The topological polar surface area (TPSA) is 57.7 Å². The number of rotatable bonds is 4. The van der Waals surface area contributed by atoms with Gasteiger partial charge in [-0.15, -0.1) is 0 Å². The highest BCUT2D eigenvalue weighted by atomic mass is 32.2. The van der Waals surface area contributed by atoms with E-state index in [9.17, 15) is 17.6 Å². The Balaban J connectivity index is 1.58. The first-order chi connectivity index (χ1) is 13.8. The number of sulfonamides is 1. The zero-order valence-corrected chi connectivity index (χ0v) is 17.2.